The van der Waals surface area contributed by atoms with Gasteiger partial charge in [-0.2, -0.15) is 0 Å². The Balaban J connectivity index is 1.65. The summed E-state index contributed by atoms with van der Waals surface area (Å²) in [6, 6.07) is 0.956. The highest BCUT2D eigenvalue weighted by Crippen LogP contribution is 2.51. The largest absolute Gasteiger partial charge is 0.309 e. The van der Waals surface area contributed by atoms with E-state index in [9.17, 15) is 4.39 Å². The van der Waals surface area contributed by atoms with Crippen LogP contribution in [0.25, 0.3) is 0 Å². The van der Waals surface area contributed by atoms with E-state index in [1.165, 1.54) is 0 Å². The van der Waals surface area contributed by atoms with Crippen LogP contribution in [0.15, 0.2) is 48.4 Å². The summed E-state index contributed by atoms with van der Waals surface area (Å²) in [4.78, 5) is 4.90. The second-order valence-corrected chi connectivity index (χ2v) is 7.43. The lowest BCUT2D eigenvalue weighted by molar-refractivity contribution is 0.229. The van der Waals surface area contributed by atoms with Crippen LogP contribution in [-0.2, 0) is 0 Å². The molecule has 0 radical (unpaired) electrons. The van der Waals surface area contributed by atoms with Crippen LogP contribution in [0.2, 0.25) is 0 Å². The number of hydrogen-bond donors (Lipinski definition) is 0. The SMILES string of the molecule is CN(C)CCC1C2C=C(F)C=CC2N2CC3C=CC=CC3C12. The molecule has 6 unspecified atom stereocenters. The van der Waals surface area contributed by atoms with E-state index in [0.717, 1.165) is 19.5 Å². The molecule has 2 saturated heterocycles. The quantitative estimate of drug-likeness (QED) is 0.790. The molecule has 4 aliphatic rings. The van der Waals surface area contributed by atoms with E-state index in [-0.39, 0.29) is 5.83 Å². The molecule has 2 fully saturated rings. The smallest absolute Gasteiger partial charge is 0.119 e. The standard InChI is InChI=1S/C19H25FN2/c1-21(2)10-9-16-17-11-14(20)7-8-18(17)22-12-13-5-3-4-6-15(13)19(16)22/h3-8,11,13,15-19H,9-10,12H2,1-2H3. The van der Waals surface area contributed by atoms with Crippen molar-refractivity contribution in [2.75, 3.05) is 27.2 Å². The number of rotatable bonds is 3. The molecule has 0 spiro atoms. The maximum Gasteiger partial charge on any atom is 0.119 e. The highest BCUT2D eigenvalue weighted by molar-refractivity contribution is 5.31. The summed E-state index contributed by atoms with van der Waals surface area (Å²) in [5.74, 6) is 2.09. The second-order valence-electron chi connectivity index (χ2n) is 7.43. The average Bonchev–Trinajstić information content (AvgIpc) is 2.99. The lowest BCUT2D eigenvalue weighted by Crippen LogP contribution is -2.34. The first-order valence-electron chi connectivity index (χ1n) is 8.46. The molecule has 0 saturated carbocycles. The molecule has 4 rings (SSSR count). The van der Waals surface area contributed by atoms with E-state index in [1.807, 2.05) is 6.08 Å². The molecular formula is C19H25FN2. The minimum atomic E-state index is -0.0482. The van der Waals surface area contributed by atoms with Crippen molar-refractivity contribution in [1.82, 2.24) is 9.80 Å². The summed E-state index contributed by atoms with van der Waals surface area (Å²) in [5.41, 5.74) is 0. The number of fused-ring (bicyclic) bond motifs is 5. The van der Waals surface area contributed by atoms with Crippen molar-refractivity contribution in [3.63, 3.8) is 0 Å². The zero-order valence-electron chi connectivity index (χ0n) is 13.4. The fourth-order valence-corrected chi connectivity index (χ4v) is 5.02. The molecule has 2 heterocycles. The Bertz CT molecular complexity index is 560. The average molecular weight is 300 g/mol. The van der Waals surface area contributed by atoms with Crippen molar-refractivity contribution >= 4 is 0 Å². The summed E-state index contributed by atoms with van der Waals surface area (Å²) in [6.07, 6.45) is 15.9. The fourth-order valence-electron chi connectivity index (χ4n) is 5.02. The fraction of sp³-hybridized carbons (Fsp3) is 0.579. The van der Waals surface area contributed by atoms with Gasteiger partial charge >= 0.3 is 0 Å². The van der Waals surface area contributed by atoms with Crippen molar-refractivity contribution in [3.8, 4) is 0 Å². The minimum absolute atomic E-state index is 0.0482. The molecule has 2 nitrogen and oxygen atoms in total. The van der Waals surface area contributed by atoms with E-state index >= 15 is 0 Å². The van der Waals surface area contributed by atoms with Gasteiger partial charge < -0.3 is 4.90 Å². The maximum absolute atomic E-state index is 13.8. The van der Waals surface area contributed by atoms with Crippen molar-refractivity contribution in [2.45, 2.75) is 18.5 Å². The molecule has 3 heteroatoms. The van der Waals surface area contributed by atoms with Crippen LogP contribution >= 0.6 is 0 Å². The van der Waals surface area contributed by atoms with Gasteiger partial charge in [0.25, 0.3) is 0 Å². The van der Waals surface area contributed by atoms with Gasteiger partial charge in [-0.05, 0) is 51.0 Å². The Morgan fingerprint density at radius 2 is 2.00 bits per heavy atom. The Kier molecular flexibility index (Phi) is 3.58. The zero-order chi connectivity index (χ0) is 15.3. The molecule has 0 aromatic carbocycles. The minimum Gasteiger partial charge on any atom is -0.309 e. The van der Waals surface area contributed by atoms with Crippen LogP contribution in [0, 0.1) is 23.7 Å². The molecule has 0 amide bonds. The molecular weight excluding hydrogens is 275 g/mol. The van der Waals surface area contributed by atoms with Crippen LogP contribution in [0.4, 0.5) is 4.39 Å². The van der Waals surface area contributed by atoms with E-state index < -0.39 is 0 Å². The van der Waals surface area contributed by atoms with Crippen LogP contribution in [0.3, 0.4) is 0 Å². The third-order valence-corrected chi connectivity index (χ3v) is 5.92. The van der Waals surface area contributed by atoms with Crippen molar-refractivity contribution in [3.05, 3.63) is 48.4 Å². The normalized spacial score (nSPS) is 42.5. The van der Waals surface area contributed by atoms with Gasteiger partial charge in [-0.3, -0.25) is 4.90 Å². The zero-order valence-corrected chi connectivity index (χ0v) is 13.4. The second kappa shape index (κ2) is 5.47. The van der Waals surface area contributed by atoms with E-state index in [1.54, 1.807) is 6.08 Å². The van der Waals surface area contributed by atoms with Gasteiger partial charge in [-0.25, -0.2) is 4.39 Å². The third kappa shape index (κ3) is 2.22. The summed E-state index contributed by atoms with van der Waals surface area (Å²) in [7, 11) is 4.25. The molecule has 2 aliphatic carbocycles. The van der Waals surface area contributed by atoms with Crippen molar-refractivity contribution in [1.29, 1.82) is 0 Å². The first kappa shape index (κ1) is 14.4. The van der Waals surface area contributed by atoms with Crippen LogP contribution < -0.4 is 0 Å². The Morgan fingerprint density at radius 3 is 2.82 bits per heavy atom. The molecule has 6 atom stereocenters. The van der Waals surface area contributed by atoms with Crippen LogP contribution in [0.5, 0.6) is 0 Å². The predicted molar refractivity (Wildman–Crippen MR) is 88.0 cm³/mol. The predicted octanol–water partition coefficient (Wildman–Crippen LogP) is 3.02. The molecule has 118 valence electrons. The lowest BCUT2D eigenvalue weighted by atomic mass is 9.75. The van der Waals surface area contributed by atoms with Gasteiger partial charge in [0.2, 0.25) is 0 Å². The topological polar surface area (TPSA) is 6.48 Å². The van der Waals surface area contributed by atoms with Gasteiger partial charge in [-0.15, -0.1) is 0 Å². The molecule has 22 heavy (non-hydrogen) atoms. The van der Waals surface area contributed by atoms with Gasteiger partial charge in [0.1, 0.15) is 5.83 Å². The molecule has 0 aromatic heterocycles. The summed E-state index contributed by atoms with van der Waals surface area (Å²) < 4.78 is 13.8. The molecule has 0 bridgehead atoms. The molecule has 0 N–H and O–H groups in total. The number of halogens is 1. The van der Waals surface area contributed by atoms with E-state index in [0.29, 0.717) is 35.8 Å². The van der Waals surface area contributed by atoms with E-state index in [2.05, 4.69) is 54.3 Å². The highest BCUT2D eigenvalue weighted by Gasteiger charge is 2.55. The number of allylic oxidation sites excluding steroid dienone is 4. The molecule has 2 aliphatic heterocycles. The first-order valence-corrected chi connectivity index (χ1v) is 8.46. The lowest BCUT2D eigenvalue weighted by Gasteiger charge is -2.29. The summed E-state index contributed by atoms with van der Waals surface area (Å²) in [5, 5.41) is 0. The van der Waals surface area contributed by atoms with Crippen LogP contribution in [-0.4, -0.2) is 49.1 Å². The third-order valence-electron chi connectivity index (χ3n) is 5.92. The first-order chi connectivity index (χ1) is 10.6. The van der Waals surface area contributed by atoms with Gasteiger partial charge in [0, 0.05) is 30.5 Å². The molecule has 0 aromatic rings. The van der Waals surface area contributed by atoms with E-state index in [4.69, 9.17) is 0 Å². The Morgan fingerprint density at radius 1 is 1.18 bits per heavy atom. The summed E-state index contributed by atoms with van der Waals surface area (Å²) >= 11 is 0. The van der Waals surface area contributed by atoms with Gasteiger partial charge in [0.05, 0.1) is 0 Å². The summed E-state index contributed by atoms with van der Waals surface area (Å²) in [6.45, 7) is 2.20. The van der Waals surface area contributed by atoms with Crippen LogP contribution in [0.1, 0.15) is 6.42 Å². The van der Waals surface area contributed by atoms with Crippen molar-refractivity contribution < 1.29 is 4.39 Å². The number of hydrogen-bond acceptors (Lipinski definition) is 2. The maximum atomic E-state index is 13.8. The highest BCUT2D eigenvalue weighted by atomic mass is 19.1. The van der Waals surface area contributed by atoms with Gasteiger partial charge in [-0.1, -0.05) is 30.4 Å². The Labute approximate surface area is 132 Å². The van der Waals surface area contributed by atoms with Crippen molar-refractivity contribution in [2.24, 2.45) is 23.7 Å². The Hall–Kier alpha value is -1.19. The van der Waals surface area contributed by atoms with Gasteiger partial charge in [0.15, 0.2) is 0 Å². The number of nitrogens with zero attached hydrogens (tertiary/aromatic N) is 2. The monoisotopic (exact) mass is 300 g/mol.